The largest absolute Gasteiger partial charge is 0.389 e. The third kappa shape index (κ3) is 3.10. The molecule has 0 aromatic heterocycles. The minimum Gasteiger partial charge on any atom is -0.389 e. The van der Waals surface area contributed by atoms with Crippen LogP contribution in [0.3, 0.4) is 0 Å². The SMILES string of the molecule is CNCC(O)C(O)c1cc(F)cc(C=O)c1. The lowest BCUT2D eigenvalue weighted by Gasteiger charge is -2.18. The monoisotopic (exact) mass is 227 g/mol. The number of aldehydes is 1. The maximum Gasteiger partial charge on any atom is 0.150 e. The van der Waals surface area contributed by atoms with Gasteiger partial charge in [0, 0.05) is 12.1 Å². The first-order valence-corrected chi connectivity index (χ1v) is 4.85. The quantitative estimate of drug-likeness (QED) is 0.631. The lowest BCUT2D eigenvalue weighted by molar-refractivity contribution is 0.0200. The Hall–Kier alpha value is -1.30. The first-order chi connectivity index (χ1) is 7.58. The third-order valence-electron chi connectivity index (χ3n) is 2.20. The Kier molecular flexibility index (Phi) is 4.54. The summed E-state index contributed by atoms with van der Waals surface area (Å²) in [7, 11) is 1.62. The molecule has 0 amide bonds. The second kappa shape index (κ2) is 5.69. The number of halogens is 1. The van der Waals surface area contributed by atoms with Crippen LogP contribution in [0.2, 0.25) is 0 Å². The van der Waals surface area contributed by atoms with Crippen LogP contribution < -0.4 is 5.32 Å². The van der Waals surface area contributed by atoms with Crippen LogP contribution in [0, 0.1) is 5.82 Å². The van der Waals surface area contributed by atoms with E-state index < -0.39 is 18.0 Å². The number of rotatable bonds is 5. The van der Waals surface area contributed by atoms with Crippen LogP contribution in [0.4, 0.5) is 4.39 Å². The molecule has 0 radical (unpaired) electrons. The average Bonchev–Trinajstić information content (AvgIpc) is 2.27. The number of likely N-dealkylation sites (N-methyl/N-ethyl adjacent to an activating group) is 1. The maximum absolute atomic E-state index is 13.1. The van der Waals surface area contributed by atoms with Gasteiger partial charge in [-0.2, -0.15) is 0 Å². The van der Waals surface area contributed by atoms with Crippen molar-refractivity contribution in [2.75, 3.05) is 13.6 Å². The fourth-order valence-electron chi connectivity index (χ4n) is 1.42. The summed E-state index contributed by atoms with van der Waals surface area (Å²) in [5.74, 6) is -0.615. The van der Waals surface area contributed by atoms with Gasteiger partial charge in [-0.3, -0.25) is 4.79 Å². The topological polar surface area (TPSA) is 69.6 Å². The highest BCUT2D eigenvalue weighted by Gasteiger charge is 2.18. The Morgan fingerprint density at radius 2 is 2.12 bits per heavy atom. The van der Waals surface area contributed by atoms with Crippen LogP contribution in [0.25, 0.3) is 0 Å². The van der Waals surface area contributed by atoms with Crippen molar-refractivity contribution in [3.63, 3.8) is 0 Å². The molecule has 0 saturated carbocycles. The second-order valence-corrected chi connectivity index (χ2v) is 3.51. The molecule has 2 unspecified atom stereocenters. The van der Waals surface area contributed by atoms with Gasteiger partial charge in [-0.1, -0.05) is 0 Å². The molecular weight excluding hydrogens is 213 g/mol. The molecule has 3 N–H and O–H groups in total. The van der Waals surface area contributed by atoms with E-state index in [2.05, 4.69) is 5.32 Å². The molecule has 0 aliphatic heterocycles. The molecule has 0 aliphatic rings. The van der Waals surface area contributed by atoms with Gasteiger partial charge in [0.05, 0.1) is 6.10 Å². The van der Waals surface area contributed by atoms with Crippen LogP contribution >= 0.6 is 0 Å². The van der Waals surface area contributed by atoms with E-state index in [1.165, 1.54) is 6.07 Å². The average molecular weight is 227 g/mol. The number of aliphatic hydroxyl groups excluding tert-OH is 2. The molecule has 0 spiro atoms. The molecule has 0 bridgehead atoms. The molecule has 5 heteroatoms. The smallest absolute Gasteiger partial charge is 0.150 e. The first-order valence-electron chi connectivity index (χ1n) is 4.85. The number of aliphatic hydroxyl groups is 2. The molecule has 88 valence electrons. The van der Waals surface area contributed by atoms with Gasteiger partial charge < -0.3 is 15.5 Å². The van der Waals surface area contributed by atoms with Crippen molar-refractivity contribution in [3.05, 3.63) is 35.1 Å². The third-order valence-corrected chi connectivity index (χ3v) is 2.20. The zero-order valence-corrected chi connectivity index (χ0v) is 8.85. The second-order valence-electron chi connectivity index (χ2n) is 3.51. The Morgan fingerprint density at radius 3 is 2.69 bits per heavy atom. The van der Waals surface area contributed by atoms with E-state index in [1.807, 2.05) is 0 Å². The number of benzene rings is 1. The number of carbonyl (C=O) groups excluding carboxylic acids is 1. The van der Waals surface area contributed by atoms with Crippen molar-refractivity contribution >= 4 is 6.29 Å². The zero-order chi connectivity index (χ0) is 12.1. The highest BCUT2D eigenvalue weighted by molar-refractivity contribution is 5.75. The zero-order valence-electron chi connectivity index (χ0n) is 8.85. The summed E-state index contributed by atoms with van der Waals surface area (Å²) in [5.41, 5.74) is 0.315. The lowest BCUT2D eigenvalue weighted by atomic mass is 10.0. The van der Waals surface area contributed by atoms with Crippen LogP contribution in [0.1, 0.15) is 22.0 Å². The van der Waals surface area contributed by atoms with Gasteiger partial charge >= 0.3 is 0 Å². The van der Waals surface area contributed by atoms with Crippen LogP contribution in [0.5, 0.6) is 0 Å². The summed E-state index contributed by atoms with van der Waals surface area (Å²) in [6.07, 6.45) is -1.78. The van der Waals surface area contributed by atoms with Crippen molar-refractivity contribution in [1.82, 2.24) is 5.32 Å². The summed E-state index contributed by atoms with van der Waals surface area (Å²) >= 11 is 0. The predicted molar refractivity (Wildman–Crippen MR) is 56.7 cm³/mol. The van der Waals surface area contributed by atoms with E-state index in [9.17, 15) is 19.4 Å². The summed E-state index contributed by atoms with van der Waals surface area (Å²) < 4.78 is 13.1. The molecule has 4 nitrogen and oxygen atoms in total. The molecule has 0 aliphatic carbocycles. The summed E-state index contributed by atoms with van der Waals surface area (Å²) in [5, 5.41) is 21.9. The van der Waals surface area contributed by atoms with Crippen LogP contribution in [0.15, 0.2) is 18.2 Å². The number of carbonyl (C=O) groups is 1. The molecule has 1 aromatic carbocycles. The van der Waals surface area contributed by atoms with E-state index in [0.29, 0.717) is 6.29 Å². The van der Waals surface area contributed by atoms with Crippen LogP contribution in [-0.2, 0) is 0 Å². The highest BCUT2D eigenvalue weighted by Crippen LogP contribution is 2.19. The Bertz CT molecular complexity index is 370. The summed E-state index contributed by atoms with van der Waals surface area (Å²) in [4.78, 5) is 10.5. The Balaban J connectivity index is 2.93. The molecule has 0 saturated heterocycles. The molecule has 2 atom stereocenters. The Morgan fingerprint density at radius 1 is 1.44 bits per heavy atom. The van der Waals surface area contributed by atoms with Crippen molar-refractivity contribution in [1.29, 1.82) is 0 Å². The molecule has 0 fully saturated rings. The number of hydrogen-bond donors (Lipinski definition) is 3. The summed E-state index contributed by atoms with van der Waals surface area (Å²) in [6, 6.07) is 3.50. The van der Waals surface area contributed by atoms with Gasteiger partial charge in [-0.25, -0.2) is 4.39 Å². The first kappa shape index (κ1) is 12.8. The van der Waals surface area contributed by atoms with E-state index >= 15 is 0 Å². The van der Waals surface area contributed by atoms with Gasteiger partial charge in [-0.15, -0.1) is 0 Å². The van der Waals surface area contributed by atoms with Crippen molar-refractivity contribution in [2.45, 2.75) is 12.2 Å². The molecule has 16 heavy (non-hydrogen) atoms. The van der Waals surface area contributed by atoms with Crippen LogP contribution in [-0.4, -0.2) is 36.2 Å². The molecule has 0 heterocycles. The van der Waals surface area contributed by atoms with Crippen molar-refractivity contribution < 1.29 is 19.4 Å². The van der Waals surface area contributed by atoms with Crippen molar-refractivity contribution in [2.24, 2.45) is 0 Å². The van der Waals surface area contributed by atoms with Gasteiger partial charge in [-0.05, 0) is 30.8 Å². The highest BCUT2D eigenvalue weighted by atomic mass is 19.1. The normalized spacial score (nSPS) is 14.5. The summed E-state index contributed by atoms with van der Waals surface area (Å²) in [6.45, 7) is 0.175. The molecule has 1 rings (SSSR count). The Labute approximate surface area is 92.7 Å². The van der Waals surface area contributed by atoms with E-state index in [-0.39, 0.29) is 17.7 Å². The number of nitrogens with one attached hydrogen (secondary N) is 1. The van der Waals surface area contributed by atoms with Gasteiger partial charge in [0.25, 0.3) is 0 Å². The fraction of sp³-hybridized carbons (Fsp3) is 0.364. The van der Waals surface area contributed by atoms with E-state index in [0.717, 1.165) is 12.1 Å². The minimum absolute atomic E-state index is 0.130. The van der Waals surface area contributed by atoms with Crippen molar-refractivity contribution in [3.8, 4) is 0 Å². The van der Waals surface area contributed by atoms with E-state index in [4.69, 9.17) is 0 Å². The fourth-order valence-corrected chi connectivity index (χ4v) is 1.42. The molecular formula is C11H14FNO3. The predicted octanol–water partition coefficient (Wildman–Crippen LogP) is 0.252. The standard InChI is InChI=1S/C11H14FNO3/c1-13-5-10(15)11(16)8-2-7(6-14)3-9(12)4-8/h2-4,6,10-11,13,15-16H,5H2,1H3. The maximum atomic E-state index is 13.1. The van der Waals surface area contributed by atoms with Gasteiger partial charge in [0.1, 0.15) is 18.2 Å². The van der Waals surface area contributed by atoms with Gasteiger partial charge in [0.2, 0.25) is 0 Å². The van der Waals surface area contributed by atoms with E-state index in [1.54, 1.807) is 7.05 Å². The molecule has 1 aromatic rings. The number of hydrogen-bond acceptors (Lipinski definition) is 4. The minimum atomic E-state index is -1.22. The van der Waals surface area contributed by atoms with Gasteiger partial charge in [0.15, 0.2) is 0 Å². The lowest BCUT2D eigenvalue weighted by Crippen LogP contribution is -2.29.